The molecule has 7 nitrogen and oxygen atoms in total. The van der Waals surface area contributed by atoms with Crippen molar-refractivity contribution in [2.45, 2.75) is 59.2 Å². The minimum atomic E-state index is 0.271. The number of aliphatic imine (C=N–C) groups is 1. The molecular formula is C25H41N5O2. The Labute approximate surface area is 193 Å². The summed E-state index contributed by atoms with van der Waals surface area (Å²) < 4.78 is 5.54. The van der Waals surface area contributed by atoms with Crippen molar-refractivity contribution in [2.75, 3.05) is 45.9 Å². The van der Waals surface area contributed by atoms with E-state index in [1.54, 1.807) is 0 Å². The third kappa shape index (κ3) is 7.78. The van der Waals surface area contributed by atoms with Gasteiger partial charge in [0.05, 0.1) is 19.8 Å². The van der Waals surface area contributed by atoms with Crippen molar-refractivity contribution < 1.29 is 9.53 Å². The van der Waals surface area contributed by atoms with Gasteiger partial charge < -0.3 is 20.3 Å². The van der Waals surface area contributed by atoms with E-state index < -0.39 is 0 Å². The number of carbonyl (C=O) groups is 1. The molecule has 1 unspecified atom stereocenters. The van der Waals surface area contributed by atoms with Crippen molar-refractivity contribution in [3.8, 4) is 0 Å². The molecule has 0 aliphatic carbocycles. The van der Waals surface area contributed by atoms with Crippen LogP contribution in [-0.2, 0) is 22.6 Å². The largest absolute Gasteiger partial charge is 0.379 e. The van der Waals surface area contributed by atoms with Crippen molar-refractivity contribution in [1.82, 2.24) is 20.4 Å². The molecule has 2 heterocycles. The molecule has 178 valence electrons. The summed E-state index contributed by atoms with van der Waals surface area (Å²) in [4.78, 5) is 21.1. The van der Waals surface area contributed by atoms with Gasteiger partial charge in [-0.25, -0.2) is 4.99 Å². The maximum Gasteiger partial charge on any atom is 0.222 e. The SMILES string of the molecule is CCNC(=NCc1ccc(CN2CCCC2=O)cc1)NCC(CC(C)C)N1CCOCC1. The molecule has 1 aromatic rings. The van der Waals surface area contributed by atoms with Crippen LogP contribution in [0.5, 0.6) is 0 Å². The van der Waals surface area contributed by atoms with E-state index in [0.717, 1.165) is 64.7 Å². The van der Waals surface area contributed by atoms with E-state index in [0.29, 0.717) is 31.5 Å². The lowest BCUT2D eigenvalue weighted by atomic mass is 10.0. The zero-order chi connectivity index (χ0) is 22.8. The van der Waals surface area contributed by atoms with Crippen LogP contribution in [-0.4, -0.2) is 73.6 Å². The topological polar surface area (TPSA) is 69.2 Å². The number of ether oxygens (including phenoxy) is 1. The molecule has 7 heteroatoms. The number of benzene rings is 1. The van der Waals surface area contributed by atoms with Gasteiger partial charge >= 0.3 is 0 Å². The number of nitrogens with zero attached hydrogens (tertiary/aromatic N) is 3. The van der Waals surface area contributed by atoms with Crippen LogP contribution in [0.1, 0.15) is 51.2 Å². The molecule has 0 bridgehead atoms. The molecular weight excluding hydrogens is 402 g/mol. The van der Waals surface area contributed by atoms with Gasteiger partial charge in [0, 0.05) is 51.7 Å². The smallest absolute Gasteiger partial charge is 0.222 e. The zero-order valence-corrected chi connectivity index (χ0v) is 20.1. The summed E-state index contributed by atoms with van der Waals surface area (Å²) >= 11 is 0. The Morgan fingerprint density at radius 1 is 1.09 bits per heavy atom. The third-order valence-electron chi connectivity index (χ3n) is 6.14. The molecule has 0 aromatic heterocycles. The molecule has 2 aliphatic heterocycles. The average molecular weight is 444 g/mol. The molecule has 32 heavy (non-hydrogen) atoms. The molecule has 2 fully saturated rings. The second kappa shape index (κ2) is 12.8. The summed E-state index contributed by atoms with van der Waals surface area (Å²) in [5.41, 5.74) is 2.35. The first kappa shape index (κ1) is 24.5. The molecule has 0 radical (unpaired) electrons. The van der Waals surface area contributed by atoms with Gasteiger partial charge in [-0.05, 0) is 36.8 Å². The number of rotatable bonds is 10. The quantitative estimate of drug-likeness (QED) is 0.430. The summed E-state index contributed by atoms with van der Waals surface area (Å²) in [6.45, 7) is 14.3. The predicted molar refractivity (Wildman–Crippen MR) is 130 cm³/mol. The van der Waals surface area contributed by atoms with Crippen LogP contribution in [0.2, 0.25) is 0 Å². The number of nitrogens with one attached hydrogen (secondary N) is 2. The summed E-state index contributed by atoms with van der Waals surface area (Å²) in [5, 5.41) is 6.95. The summed E-state index contributed by atoms with van der Waals surface area (Å²) in [5.74, 6) is 1.78. The highest BCUT2D eigenvalue weighted by Gasteiger charge is 2.22. The summed E-state index contributed by atoms with van der Waals surface area (Å²) in [6.07, 6.45) is 2.83. The van der Waals surface area contributed by atoms with E-state index in [-0.39, 0.29) is 5.91 Å². The predicted octanol–water partition coefficient (Wildman–Crippen LogP) is 2.61. The van der Waals surface area contributed by atoms with Gasteiger partial charge in [0.15, 0.2) is 5.96 Å². The lowest BCUT2D eigenvalue weighted by Gasteiger charge is -2.35. The van der Waals surface area contributed by atoms with Gasteiger partial charge in [0.25, 0.3) is 0 Å². The Morgan fingerprint density at radius 2 is 1.81 bits per heavy atom. The second-order valence-corrected chi connectivity index (χ2v) is 9.24. The fourth-order valence-corrected chi connectivity index (χ4v) is 4.42. The Morgan fingerprint density at radius 3 is 2.44 bits per heavy atom. The molecule has 0 spiro atoms. The summed E-state index contributed by atoms with van der Waals surface area (Å²) in [7, 11) is 0. The monoisotopic (exact) mass is 443 g/mol. The normalized spacial score (nSPS) is 18.9. The zero-order valence-electron chi connectivity index (χ0n) is 20.1. The Hall–Kier alpha value is -2.12. The van der Waals surface area contributed by atoms with E-state index in [1.807, 2.05) is 4.90 Å². The highest BCUT2D eigenvalue weighted by atomic mass is 16.5. The van der Waals surface area contributed by atoms with Crippen molar-refractivity contribution in [3.05, 3.63) is 35.4 Å². The fraction of sp³-hybridized carbons (Fsp3) is 0.680. The highest BCUT2D eigenvalue weighted by molar-refractivity contribution is 5.79. The first-order valence-electron chi connectivity index (χ1n) is 12.2. The molecule has 0 saturated carbocycles. The van der Waals surface area contributed by atoms with Gasteiger partial charge in [0.2, 0.25) is 5.91 Å². The summed E-state index contributed by atoms with van der Waals surface area (Å²) in [6, 6.07) is 8.97. The van der Waals surface area contributed by atoms with Gasteiger partial charge in [-0.15, -0.1) is 0 Å². The first-order valence-corrected chi connectivity index (χ1v) is 12.2. The first-order chi connectivity index (χ1) is 15.5. The Balaban J connectivity index is 1.54. The molecule has 3 rings (SSSR count). The van der Waals surface area contributed by atoms with Gasteiger partial charge in [-0.2, -0.15) is 0 Å². The van der Waals surface area contributed by atoms with Gasteiger partial charge in [-0.3, -0.25) is 9.69 Å². The number of likely N-dealkylation sites (tertiary alicyclic amines) is 1. The number of hydrogen-bond acceptors (Lipinski definition) is 4. The van der Waals surface area contributed by atoms with E-state index >= 15 is 0 Å². The van der Waals surface area contributed by atoms with E-state index in [1.165, 1.54) is 11.1 Å². The molecule has 2 N–H and O–H groups in total. The minimum Gasteiger partial charge on any atom is -0.379 e. The number of guanidine groups is 1. The maximum absolute atomic E-state index is 11.8. The van der Waals surface area contributed by atoms with Gasteiger partial charge in [0.1, 0.15) is 0 Å². The van der Waals surface area contributed by atoms with Crippen molar-refractivity contribution in [1.29, 1.82) is 0 Å². The third-order valence-corrected chi connectivity index (χ3v) is 6.14. The number of carbonyl (C=O) groups excluding carboxylic acids is 1. The van der Waals surface area contributed by atoms with Crippen LogP contribution in [0.4, 0.5) is 0 Å². The van der Waals surface area contributed by atoms with E-state index in [4.69, 9.17) is 9.73 Å². The molecule has 1 atom stereocenters. The Bertz CT molecular complexity index is 728. The van der Waals surface area contributed by atoms with Crippen molar-refractivity contribution in [3.63, 3.8) is 0 Å². The van der Waals surface area contributed by atoms with Crippen LogP contribution < -0.4 is 10.6 Å². The molecule has 1 aromatic carbocycles. The molecule has 2 saturated heterocycles. The van der Waals surface area contributed by atoms with Crippen molar-refractivity contribution in [2.24, 2.45) is 10.9 Å². The van der Waals surface area contributed by atoms with Crippen LogP contribution in [0.15, 0.2) is 29.3 Å². The van der Waals surface area contributed by atoms with E-state index in [9.17, 15) is 4.79 Å². The second-order valence-electron chi connectivity index (χ2n) is 9.24. The highest BCUT2D eigenvalue weighted by Crippen LogP contribution is 2.15. The van der Waals surface area contributed by atoms with Crippen LogP contribution in [0, 0.1) is 5.92 Å². The van der Waals surface area contributed by atoms with Crippen LogP contribution in [0.25, 0.3) is 0 Å². The average Bonchev–Trinajstić information content (AvgIpc) is 3.20. The van der Waals surface area contributed by atoms with Crippen molar-refractivity contribution >= 4 is 11.9 Å². The number of amides is 1. The lowest BCUT2D eigenvalue weighted by molar-refractivity contribution is -0.128. The van der Waals surface area contributed by atoms with E-state index in [2.05, 4.69) is 60.6 Å². The lowest BCUT2D eigenvalue weighted by Crippen LogP contribution is -2.51. The van der Waals surface area contributed by atoms with Crippen LogP contribution >= 0.6 is 0 Å². The fourth-order valence-electron chi connectivity index (χ4n) is 4.42. The van der Waals surface area contributed by atoms with Crippen LogP contribution in [0.3, 0.4) is 0 Å². The number of hydrogen-bond donors (Lipinski definition) is 2. The Kier molecular flexibility index (Phi) is 9.81. The maximum atomic E-state index is 11.8. The minimum absolute atomic E-state index is 0.271. The molecule has 2 aliphatic rings. The van der Waals surface area contributed by atoms with Gasteiger partial charge in [-0.1, -0.05) is 38.1 Å². The molecule has 1 amide bonds. The standard InChI is InChI=1S/C25H41N5O2/c1-4-26-25(28-18-23(16-20(2)3)29-12-14-32-15-13-29)27-17-21-7-9-22(10-8-21)19-30-11-5-6-24(30)31/h7-10,20,23H,4-6,11-19H2,1-3H3,(H2,26,27,28). The number of morpholine rings is 1.